The van der Waals surface area contributed by atoms with Gasteiger partial charge in [0.2, 0.25) is 10.0 Å². The molecule has 2 aromatic rings. The average molecular weight is 436 g/mol. The van der Waals surface area contributed by atoms with E-state index in [1.54, 1.807) is 38.4 Å². The summed E-state index contributed by atoms with van der Waals surface area (Å²) in [4.78, 5) is 8.96. The van der Waals surface area contributed by atoms with Crippen molar-refractivity contribution in [2.24, 2.45) is 4.99 Å². The molecule has 1 aromatic heterocycles. The van der Waals surface area contributed by atoms with Gasteiger partial charge in [0.25, 0.3) is 0 Å². The number of fused-ring (bicyclic) bond motifs is 1. The van der Waals surface area contributed by atoms with Crippen LogP contribution in [-0.2, 0) is 34.3 Å². The van der Waals surface area contributed by atoms with Gasteiger partial charge < -0.3 is 15.4 Å². The Morgan fingerprint density at radius 2 is 2.07 bits per heavy atom. The molecular weight excluding hydrogens is 406 g/mol. The summed E-state index contributed by atoms with van der Waals surface area (Å²) in [5, 5.41) is 11.0. The van der Waals surface area contributed by atoms with Gasteiger partial charge in [-0.25, -0.2) is 22.8 Å². The summed E-state index contributed by atoms with van der Waals surface area (Å²) in [5.74, 6) is 2.28. The summed E-state index contributed by atoms with van der Waals surface area (Å²) in [6, 6.07) is 6.92. The van der Waals surface area contributed by atoms with E-state index in [0.29, 0.717) is 31.5 Å². The van der Waals surface area contributed by atoms with Gasteiger partial charge in [0.15, 0.2) is 11.8 Å². The first-order valence-corrected chi connectivity index (χ1v) is 11.3. The van der Waals surface area contributed by atoms with Gasteiger partial charge in [0, 0.05) is 39.7 Å². The Morgan fingerprint density at radius 3 is 2.77 bits per heavy atom. The van der Waals surface area contributed by atoms with E-state index in [1.807, 2.05) is 11.6 Å². The molecule has 1 aliphatic rings. The van der Waals surface area contributed by atoms with Crippen molar-refractivity contribution in [3.05, 3.63) is 41.5 Å². The van der Waals surface area contributed by atoms with Crippen molar-refractivity contribution >= 4 is 16.0 Å². The summed E-state index contributed by atoms with van der Waals surface area (Å²) in [6.45, 7) is 3.66. The highest BCUT2D eigenvalue weighted by Gasteiger charge is 2.22. The molecule has 2 heterocycles. The van der Waals surface area contributed by atoms with Crippen LogP contribution < -0.4 is 15.4 Å². The van der Waals surface area contributed by atoms with Gasteiger partial charge in [-0.1, -0.05) is 17.7 Å². The van der Waals surface area contributed by atoms with Crippen LogP contribution in [0.25, 0.3) is 0 Å². The topological polar surface area (TPSA) is 123 Å². The Bertz CT molecular complexity index is 971. The van der Waals surface area contributed by atoms with E-state index in [4.69, 9.17) is 4.74 Å². The van der Waals surface area contributed by atoms with E-state index in [-0.39, 0.29) is 17.5 Å². The minimum absolute atomic E-state index is 0.157. The third kappa shape index (κ3) is 5.77. The lowest BCUT2D eigenvalue weighted by molar-refractivity contribution is 0.177. The number of aliphatic imine (C=N–C) groups is 1. The molecule has 0 fully saturated rings. The zero-order valence-electron chi connectivity index (χ0n) is 17.6. The number of hydrogen-bond acceptors (Lipinski definition) is 6. The van der Waals surface area contributed by atoms with Crippen molar-refractivity contribution in [2.45, 2.75) is 43.9 Å². The van der Waals surface area contributed by atoms with Crippen LogP contribution in [0.4, 0.5) is 0 Å². The molecule has 0 spiro atoms. The van der Waals surface area contributed by atoms with Crippen molar-refractivity contribution in [1.29, 1.82) is 0 Å². The minimum atomic E-state index is -3.52. The van der Waals surface area contributed by atoms with E-state index in [1.165, 1.54) is 0 Å². The van der Waals surface area contributed by atoms with E-state index >= 15 is 0 Å². The van der Waals surface area contributed by atoms with E-state index in [2.05, 4.69) is 30.4 Å². The zero-order valence-corrected chi connectivity index (χ0v) is 18.4. The second kappa shape index (κ2) is 10.0. The molecule has 3 N–H and O–H groups in total. The highest BCUT2D eigenvalue weighted by atomic mass is 32.2. The van der Waals surface area contributed by atoms with Gasteiger partial charge in [-0.3, -0.25) is 4.99 Å². The number of nitrogens with zero attached hydrogens (tertiary/aromatic N) is 4. The van der Waals surface area contributed by atoms with Crippen LogP contribution in [-0.4, -0.2) is 62.4 Å². The van der Waals surface area contributed by atoms with Crippen molar-refractivity contribution in [1.82, 2.24) is 30.1 Å². The van der Waals surface area contributed by atoms with Crippen LogP contribution in [0.5, 0.6) is 0 Å². The number of methoxy groups -OCH3 is 1. The fraction of sp³-hybridized carbons (Fsp3) is 0.526. The molecule has 0 saturated carbocycles. The van der Waals surface area contributed by atoms with E-state index in [9.17, 15) is 8.42 Å². The number of nitrogens with one attached hydrogen (secondary N) is 3. The minimum Gasteiger partial charge on any atom is -0.377 e. The summed E-state index contributed by atoms with van der Waals surface area (Å²) >= 11 is 0. The monoisotopic (exact) mass is 435 g/mol. The molecule has 0 aliphatic carbocycles. The second-order valence-electron chi connectivity index (χ2n) is 7.15. The predicted molar refractivity (Wildman–Crippen MR) is 114 cm³/mol. The highest BCUT2D eigenvalue weighted by molar-refractivity contribution is 7.89. The average Bonchev–Trinajstić information content (AvgIpc) is 3.12. The lowest BCUT2D eigenvalue weighted by atomic mass is 10.1. The predicted octanol–water partition coefficient (Wildman–Crippen LogP) is 0.191. The van der Waals surface area contributed by atoms with Crippen LogP contribution in [0.2, 0.25) is 0 Å². The Morgan fingerprint density at radius 1 is 1.30 bits per heavy atom. The number of rotatable bonds is 8. The van der Waals surface area contributed by atoms with Crippen molar-refractivity contribution < 1.29 is 13.2 Å². The van der Waals surface area contributed by atoms with Crippen molar-refractivity contribution in [3.63, 3.8) is 0 Å². The molecule has 0 saturated heterocycles. The third-order valence-electron chi connectivity index (χ3n) is 4.78. The fourth-order valence-electron chi connectivity index (χ4n) is 3.22. The zero-order chi connectivity index (χ0) is 21.6. The summed E-state index contributed by atoms with van der Waals surface area (Å²) in [6.07, 6.45) is 1.73. The Kier molecular flexibility index (Phi) is 7.40. The maximum atomic E-state index is 12.3. The number of benzene rings is 1. The van der Waals surface area contributed by atoms with E-state index in [0.717, 1.165) is 24.2 Å². The summed E-state index contributed by atoms with van der Waals surface area (Å²) in [7, 11) is -0.211. The molecule has 3 rings (SSSR count). The molecule has 30 heavy (non-hydrogen) atoms. The molecule has 10 nitrogen and oxygen atoms in total. The SMILES string of the molecule is CN=C(NCCNS(=O)(=O)c1ccc(C)cc1)NC1CCc2nc(COC)nn2C1. The Hall–Kier alpha value is -2.50. The molecule has 1 unspecified atom stereocenters. The number of guanidine groups is 1. The van der Waals surface area contributed by atoms with Crippen LogP contribution in [0, 0.1) is 6.92 Å². The molecule has 0 amide bonds. The van der Waals surface area contributed by atoms with Gasteiger partial charge in [-0.15, -0.1) is 0 Å². The molecule has 11 heteroatoms. The van der Waals surface area contributed by atoms with E-state index < -0.39 is 10.0 Å². The fourth-order valence-corrected chi connectivity index (χ4v) is 4.26. The lowest BCUT2D eigenvalue weighted by Gasteiger charge is -2.25. The standard InChI is InChI=1S/C19H29N7O3S/c1-14-4-7-16(8-5-14)30(27,28)22-11-10-21-19(20-2)23-15-6-9-18-24-17(13-29-3)25-26(18)12-15/h4-5,7-8,15,22H,6,9-13H2,1-3H3,(H2,20,21,23). The molecule has 0 bridgehead atoms. The van der Waals surface area contributed by atoms with Crippen LogP contribution >= 0.6 is 0 Å². The van der Waals surface area contributed by atoms with Gasteiger partial charge in [0.05, 0.1) is 11.4 Å². The highest BCUT2D eigenvalue weighted by Crippen LogP contribution is 2.13. The Labute approximate surface area is 177 Å². The maximum Gasteiger partial charge on any atom is 0.240 e. The third-order valence-corrected chi connectivity index (χ3v) is 6.26. The molecule has 1 aromatic carbocycles. The molecule has 164 valence electrons. The smallest absolute Gasteiger partial charge is 0.240 e. The summed E-state index contributed by atoms with van der Waals surface area (Å²) in [5.41, 5.74) is 1.01. The number of aromatic nitrogens is 3. The summed E-state index contributed by atoms with van der Waals surface area (Å²) < 4.78 is 34.3. The first-order chi connectivity index (χ1) is 14.4. The first-order valence-electron chi connectivity index (χ1n) is 9.86. The number of hydrogen-bond donors (Lipinski definition) is 3. The van der Waals surface area contributed by atoms with Gasteiger partial charge in [0.1, 0.15) is 12.4 Å². The van der Waals surface area contributed by atoms with Crippen LogP contribution in [0.15, 0.2) is 34.2 Å². The molecule has 1 atom stereocenters. The second-order valence-corrected chi connectivity index (χ2v) is 8.92. The van der Waals surface area contributed by atoms with Crippen molar-refractivity contribution in [3.8, 4) is 0 Å². The number of sulfonamides is 1. The largest absolute Gasteiger partial charge is 0.377 e. The molecule has 1 aliphatic heterocycles. The lowest BCUT2D eigenvalue weighted by Crippen LogP contribution is -2.48. The van der Waals surface area contributed by atoms with Crippen LogP contribution in [0.3, 0.4) is 0 Å². The van der Waals surface area contributed by atoms with Gasteiger partial charge >= 0.3 is 0 Å². The van der Waals surface area contributed by atoms with Gasteiger partial charge in [-0.05, 0) is 25.5 Å². The maximum absolute atomic E-state index is 12.3. The quantitative estimate of drug-likeness (QED) is 0.307. The number of ether oxygens (including phenoxy) is 1. The van der Waals surface area contributed by atoms with Crippen LogP contribution in [0.1, 0.15) is 23.6 Å². The normalized spacial score (nSPS) is 16.9. The number of aryl methyl sites for hydroxylation is 2. The molecular formula is C19H29N7O3S. The van der Waals surface area contributed by atoms with Crippen molar-refractivity contribution in [2.75, 3.05) is 27.2 Å². The molecule has 0 radical (unpaired) electrons. The van der Waals surface area contributed by atoms with Gasteiger partial charge in [-0.2, -0.15) is 5.10 Å². The first kappa shape index (κ1) is 22.2. The Balaban J connectivity index is 1.45.